The van der Waals surface area contributed by atoms with Crippen molar-refractivity contribution in [3.63, 3.8) is 0 Å². The molecule has 0 aliphatic heterocycles. The summed E-state index contributed by atoms with van der Waals surface area (Å²) in [5.41, 5.74) is 2.82. The Morgan fingerprint density at radius 2 is 1.59 bits per heavy atom. The molecule has 2 N–H and O–H groups in total. The average Bonchev–Trinajstić information content (AvgIpc) is 2.79. The summed E-state index contributed by atoms with van der Waals surface area (Å²) in [6.45, 7) is 3.73. The molecule has 1 aromatic heterocycles. The van der Waals surface area contributed by atoms with E-state index in [1.54, 1.807) is 60.7 Å². The molecule has 1 heterocycles. The Morgan fingerprint density at radius 3 is 2.34 bits per heavy atom. The van der Waals surface area contributed by atoms with Gasteiger partial charge in [-0.05, 0) is 61.4 Å². The van der Waals surface area contributed by atoms with Crippen LogP contribution in [0.5, 0.6) is 0 Å². The molecule has 0 fully saturated rings. The van der Waals surface area contributed by atoms with Crippen LogP contribution in [-0.2, 0) is 10.0 Å². The zero-order valence-electron chi connectivity index (χ0n) is 17.5. The molecule has 4 rings (SSSR count). The largest absolute Gasteiger partial charge is 0.436 e. The SMILES string of the molecule is Cc1ccc(S(=O)(=O)N/N=c2/oc3ccccc3cc2C(=O)Nc2ccccc2)cc1C. The van der Waals surface area contributed by atoms with Gasteiger partial charge < -0.3 is 9.73 Å². The minimum absolute atomic E-state index is 0.0698. The molecule has 0 bridgehead atoms. The van der Waals surface area contributed by atoms with Gasteiger partial charge in [-0.15, -0.1) is 5.10 Å². The van der Waals surface area contributed by atoms with Crippen molar-refractivity contribution in [3.05, 3.63) is 101 Å². The molecule has 8 heteroatoms. The van der Waals surface area contributed by atoms with Crippen LogP contribution < -0.4 is 15.7 Å². The van der Waals surface area contributed by atoms with Gasteiger partial charge in [0.15, 0.2) is 0 Å². The summed E-state index contributed by atoms with van der Waals surface area (Å²) in [6.07, 6.45) is 0. The van der Waals surface area contributed by atoms with E-state index in [0.29, 0.717) is 16.7 Å². The zero-order chi connectivity index (χ0) is 22.7. The van der Waals surface area contributed by atoms with Crippen molar-refractivity contribution in [2.75, 3.05) is 5.32 Å². The molecule has 1 amide bonds. The van der Waals surface area contributed by atoms with Crippen molar-refractivity contribution in [3.8, 4) is 0 Å². The number of fused-ring (bicyclic) bond motifs is 1. The van der Waals surface area contributed by atoms with Crippen molar-refractivity contribution in [1.29, 1.82) is 0 Å². The maximum absolute atomic E-state index is 12.9. The first kappa shape index (κ1) is 21.3. The van der Waals surface area contributed by atoms with Crippen LogP contribution in [0.25, 0.3) is 11.0 Å². The third-order valence-corrected chi connectivity index (χ3v) is 6.19. The molecular formula is C24H21N3O4S. The van der Waals surface area contributed by atoms with Crippen molar-refractivity contribution in [2.24, 2.45) is 5.10 Å². The highest BCUT2D eigenvalue weighted by Crippen LogP contribution is 2.16. The van der Waals surface area contributed by atoms with Crippen LogP contribution in [0, 0.1) is 13.8 Å². The Bertz CT molecular complexity index is 1480. The molecule has 162 valence electrons. The minimum Gasteiger partial charge on any atom is -0.436 e. The number of benzene rings is 3. The number of hydrogen-bond acceptors (Lipinski definition) is 5. The molecule has 4 aromatic rings. The number of para-hydroxylation sites is 2. The van der Waals surface area contributed by atoms with Crippen molar-refractivity contribution < 1.29 is 17.6 Å². The summed E-state index contributed by atoms with van der Waals surface area (Å²) in [7, 11) is -3.96. The summed E-state index contributed by atoms with van der Waals surface area (Å²) < 4.78 is 31.3. The van der Waals surface area contributed by atoms with Crippen LogP contribution in [-0.4, -0.2) is 14.3 Å². The maximum Gasteiger partial charge on any atom is 0.276 e. The topological polar surface area (TPSA) is 101 Å². The number of hydrogen-bond donors (Lipinski definition) is 2. The molecule has 0 unspecified atom stereocenters. The van der Waals surface area contributed by atoms with E-state index in [-0.39, 0.29) is 16.0 Å². The Balaban J connectivity index is 1.76. The molecule has 0 aliphatic rings. The van der Waals surface area contributed by atoms with Gasteiger partial charge in [0.2, 0.25) is 5.55 Å². The third kappa shape index (κ3) is 4.55. The number of amides is 1. The Labute approximate surface area is 185 Å². The summed E-state index contributed by atoms with van der Waals surface area (Å²) in [5.74, 6) is -0.477. The maximum atomic E-state index is 12.9. The van der Waals surface area contributed by atoms with E-state index in [0.717, 1.165) is 11.1 Å². The first-order chi connectivity index (χ1) is 15.3. The Hall–Kier alpha value is -3.91. The average molecular weight is 448 g/mol. The van der Waals surface area contributed by atoms with Crippen LogP contribution in [0.4, 0.5) is 5.69 Å². The number of anilines is 1. The molecule has 0 atom stereocenters. The van der Waals surface area contributed by atoms with Gasteiger partial charge >= 0.3 is 0 Å². The number of nitrogens with one attached hydrogen (secondary N) is 2. The van der Waals surface area contributed by atoms with Crippen molar-refractivity contribution >= 4 is 32.6 Å². The van der Waals surface area contributed by atoms with Gasteiger partial charge in [0, 0.05) is 11.1 Å². The number of carbonyl (C=O) groups is 1. The summed E-state index contributed by atoms with van der Waals surface area (Å²) in [5, 5.41) is 7.41. The van der Waals surface area contributed by atoms with Crippen LogP contribution in [0.2, 0.25) is 0 Å². The number of aryl methyl sites for hydroxylation is 2. The van der Waals surface area contributed by atoms with Gasteiger partial charge in [0.1, 0.15) is 11.1 Å². The van der Waals surface area contributed by atoms with Gasteiger partial charge in [-0.1, -0.05) is 42.5 Å². The lowest BCUT2D eigenvalue weighted by Gasteiger charge is -2.08. The van der Waals surface area contributed by atoms with Gasteiger partial charge in [0.05, 0.1) is 4.90 Å². The molecule has 0 radical (unpaired) electrons. The summed E-state index contributed by atoms with van der Waals surface area (Å²) >= 11 is 0. The second-order valence-electron chi connectivity index (χ2n) is 7.28. The lowest BCUT2D eigenvalue weighted by molar-refractivity contribution is 0.102. The fraction of sp³-hybridized carbons (Fsp3) is 0.0833. The second-order valence-corrected chi connectivity index (χ2v) is 8.94. The van der Waals surface area contributed by atoms with E-state index in [4.69, 9.17) is 4.42 Å². The molecule has 32 heavy (non-hydrogen) atoms. The van der Waals surface area contributed by atoms with Crippen molar-refractivity contribution in [2.45, 2.75) is 18.7 Å². The van der Waals surface area contributed by atoms with Crippen LogP contribution in [0.3, 0.4) is 0 Å². The highest BCUT2D eigenvalue weighted by Gasteiger charge is 2.16. The molecule has 0 aliphatic carbocycles. The van der Waals surface area contributed by atoms with Crippen LogP contribution >= 0.6 is 0 Å². The molecule has 0 spiro atoms. The van der Waals surface area contributed by atoms with Crippen molar-refractivity contribution in [1.82, 2.24) is 4.83 Å². The lowest BCUT2D eigenvalue weighted by atomic mass is 10.1. The van der Waals surface area contributed by atoms with Gasteiger partial charge in [-0.3, -0.25) is 4.79 Å². The highest BCUT2D eigenvalue weighted by atomic mass is 32.2. The Morgan fingerprint density at radius 1 is 0.875 bits per heavy atom. The van der Waals surface area contributed by atoms with Gasteiger partial charge in [-0.2, -0.15) is 13.2 Å². The molecule has 0 saturated carbocycles. The van der Waals surface area contributed by atoms with E-state index in [9.17, 15) is 13.2 Å². The quantitative estimate of drug-likeness (QED) is 0.450. The van der Waals surface area contributed by atoms with E-state index in [1.807, 2.05) is 26.0 Å². The summed E-state index contributed by atoms with van der Waals surface area (Å²) in [4.78, 5) is 15.2. The molecule has 0 saturated heterocycles. The number of nitrogens with zero attached hydrogens (tertiary/aromatic N) is 1. The Kier molecular flexibility index (Phi) is 5.79. The fourth-order valence-electron chi connectivity index (χ4n) is 3.07. The normalized spacial score (nSPS) is 12.0. The molecule has 7 nitrogen and oxygen atoms in total. The lowest BCUT2D eigenvalue weighted by Crippen LogP contribution is -2.27. The van der Waals surface area contributed by atoms with E-state index in [1.165, 1.54) is 6.07 Å². The predicted molar refractivity (Wildman–Crippen MR) is 122 cm³/mol. The highest BCUT2D eigenvalue weighted by molar-refractivity contribution is 7.89. The number of carbonyl (C=O) groups excluding carboxylic acids is 1. The first-order valence-electron chi connectivity index (χ1n) is 9.85. The van der Waals surface area contributed by atoms with E-state index in [2.05, 4.69) is 15.2 Å². The first-order valence-corrected chi connectivity index (χ1v) is 11.3. The van der Waals surface area contributed by atoms with Gasteiger partial charge in [0.25, 0.3) is 15.9 Å². The van der Waals surface area contributed by atoms with Gasteiger partial charge in [-0.25, -0.2) is 0 Å². The van der Waals surface area contributed by atoms with Crippen LogP contribution in [0.1, 0.15) is 21.5 Å². The smallest absolute Gasteiger partial charge is 0.276 e. The van der Waals surface area contributed by atoms with Crippen LogP contribution in [0.15, 0.2) is 93.3 Å². The number of sulfonamides is 1. The number of rotatable bonds is 5. The predicted octanol–water partition coefficient (Wildman–Crippen LogP) is 4.10. The zero-order valence-corrected chi connectivity index (χ0v) is 18.3. The molecule has 3 aromatic carbocycles. The van der Waals surface area contributed by atoms with E-state index < -0.39 is 15.9 Å². The minimum atomic E-state index is -3.96. The standard InChI is InChI=1S/C24H21N3O4S/c1-16-12-13-20(14-17(16)2)32(29,30)27-26-24-21(15-18-8-6-7-11-22(18)31-24)23(28)25-19-9-4-3-5-10-19/h3-15,27H,1-2H3,(H,25,28)/b26-24+. The third-order valence-electron chi connectivity index (χ3n) is 4.99. The fourth-order valence-corrected chi connectivity index (χ4v) is 3.96. The summed E-state index contributed by atoms with van der Waals surface area (Å²) in [6, 6.07) is 22.4. The van der Waals surface area contributed by atoms with E-state index >= 15 is 0 Å². The monoisotopic (exact) mass is 447 g/mol. The molecular weight excluding hydrogens is 426 g/mol. The second kappa shape index (κ2) is 8.68.